The molecule has 7 rings (SSSR count). The number of ether oxygens (including phenoxy) is 1. The Bertz CT molecular complexity index is 1370. The highest BCUT2D eigenvalue weighted by molar-refractivity contribution is 5.74. The molecule has 3 unspecified atom stereocenters. The Balaban J connectivity index is 0.000000925. The molecule has 4 saturated heterocycles. The third kappa shape index (κ3) is 9.66. The molecule has 1 spiro atoms. The number of likely N-dealkylation sites (tertiary alicyclic amines) is 2. The van der Waals surface area contributed by atoms with E-state index in [9.17, 15) is 9.90 Å². The molecule has 3 atom stereocenters. The molecule has 1 aromatic heterocycles. The van der Waals surface area contributed by atoms with E-state index in [0.29, 0.717) is 40.6 Å². The number of fused-ring (bicyclic) bond motifs is 2. The summed E-state index contributed by atoms with van der Waals surface area (Å²) in [5.41, 5.74) is 8.62. The number of nitrogens with zero attached hydrogens (tertiary/aromatic N) is 6. The molecule has 1 saturated carbocycles. The van der Waals surface area contributed by atoms with Crippen molar-refractivity contribution in [2.45, 2.75) is 137 Å². The molecule has 286 valence electrons. The Morgan fingerprint density at radius 3 is 2.14 bits per heavy atom. The number of nitrogen functional groups attached to an aromatic ring is 1. The number of hydrogen-bond acceptors (Lipinski definition) is 9. The summed E-state index contributed by atoms with van der Waals surface area (Å²) < 4.78 is 5.62. The monoisotopic (exact) mass is 708 g/mol. The fraction of sp³-hybridized carbons (Fsp3) is 0.732. The lowest BCUT2D eigenvalue weighted by atomic mass is 9.59. The number of rotatable bonds is 5. The molecule has 5 fully saturated rings. The number of aromatic nitrogens is 2. The molecule has 1 aliphatic carbocycles. The van der Waals surface area contributed by atoms with Gasteiger partial charge in [-0.15, -0.1) is 10.2 Å². The molecule has 1 aromatic carbocycles. The topological polar surface area (TPSA) is 111 Å². The van der Waals surface area contributed by atoms with Crippen molar-refractivity contribution in [1.29, 1.82) is 0 Å². The first-order valence-corrected chi connectivity index (χ1v) is 20.2. The van der Waals surface area contributed by atoms with Gasteiger partial charge in [0.2, 0.25) is 0 Å². The van der Waals surface area contributed by atoms with Crippen LogP contribution in [0.25, 0.3) is 11.3 Å². The van der Waals surface area contributed by atoms with Crippen LogP contribution >= 0.6 is 0 Å². The highest BCUT2D eigenvalue weighted by atomic mass is 16.6. The van der Waals surface area contributed by atoms with Crippen LogP contribution in [0, 0.1) is 11.3 Å². The first-order valence-electron chi connectivity index (χ1n) is 20.2. The van der Waals surface area contributed by atoms with Crippen LogP contribution in [0.1, 0.15) is 114 Å². The Labute approximate surface area is 309 Å². The van der Waals surface area contributed by atoms with Gasteiger partial charge in [-0.1, -0.05) is 53.7 Å². The smallest absolute Gasteiger partial charge is 0.410 e. The maximum Gasteiger partial charge on any atom is 0.410 e. The van der Waals surface area contributed by atoms with E-state index < -0.39 is 5.60 Å². The van der Waals surface area contributed by atoms with E-state index in [2.05, 4.69) is 24.9 Å². The lowest BCUT2D eigenvalue weighted by Gasteiger charge is -2.56. The zero-order valence-electron chi connectivity index (χ0n) is 33.3. The molecule has 4 aliphatic heterocycles. The second-order valence-electron chi connectivity index (χ2n) is 15.5. The van der Waals surface area contributed by atoms with Gasteiger partial charge in [0.1, 0.15) is 11.4 Å². The summed E-state index contributed by atoms with van der Waals surface area (Å²) in [6.07, 6.45) is 9.72. The van der Waals surface area contributed by atoms with Crippen molar-refractivity contribution < 1.29 is 14.6 Å². The summed E-state index contributed by atoms with van der Waals surface area (Å²) in [5, 5.41) is 19.0. The van der Waals surface area contributed by atoms with Crippen molar-refractivity contribution in [3.63, 3.8) is 0 Å². The predicted octanol–water partition coefficient (Wildman–Crippen LogP) is 8.05. The van der Waals surface area contributed by atoms with Crippen LogP contribution in [-0.4, -0.2) is 106 Å². The number of anilines is 2. The minimum Gasteiger partial charge on any atom is -0.507 e. The molecule has 2 bridgehead atoms. The van der Waals surface area contributed by atoms with Crippen LogP contribution in [0.5, 0.6) is 5.75 Å². The molecule has 2 aromatic rings. The number of amides is 1. The summed E-state index contributed by atoms with van der Waals surface area (Å²) in [7, 11) is 0. The molecule has 51 heavy (non-hydrogen) atoms. The van der Waals surface area contributed by atoms with Gasteiger partial charge >= 0.3 is 6.09 Å². The van der Waals surface area contributed by atoms with Gasteiger partial charge in [0.15, 0.2) is 5.82 Å². The number of para-hydroxylation sites is 1. The molecular weight excluding hydrogens is 638 g/mol. The zero-order chi connectivity index (χ0) is 37.3. The summed E-state index contributed by atoms with van der Waals surface area (Å²) >= 11 is 0. The number of hydrogen-bond donors (Lipinski definition) is 2. The number of nitrogens with two attached hydrogens (primary N) is 1. The Kier molecular flexibility index (Phi) is 14.4. The molecule has 0 radical (unpaired) electrons. The first-order chi connectivity index (χ1) is 24.6. The van der Waals surface area contributed by atoms with E-state index in [1.165, 1.54) is 58.2 Å². The highest BCUT2D eigenvalue weighted by Crippen LogP contribution is 2.51. The van der Waals surface area contributed by atoms with Gasteiger partial charge in [0, 0.05) is 63.0 Å². The van der Waals surface area contributed by atoms with Crippen LogP contribution in [0.2, 0.25) is 0 Å². The molecule has 10 heteroatoms. The number of piperazine rings is 1. The second kappa shape index (κ2) is 18.1. The van der Waals surface area contributed by atoms with Crippen LogP contribution in [0.3, 0.4) is 0 Å². The number of carbonyl (C=O) groups excluding carboxylic acids is 1. The third-order valence-electron chi connectivity index (χ3n) is 11.3. The van der Waals surface area contributed by atoms with Gasteiger partial charge in [-0.25, -0.2) is 4.79 Å². The minimum atomic E-state index is -0.436. The average molecular weight is 708 g/mol. The van der Waals surface area contributed by atoms with Gasteiger partial charge < -0.3 is 30.3 Å². The Morgan fingerprint density at radius 2 is 1.53 bits per heavy atom. The highest BCUT2D eigenvalue weighted by Gasteiger charge is 2.49. The van der Waals surface area contributed by atoms with Gasteiger partial charge in [-0.05, 0) is 108 Å². The van der Waals surface area contributed by atoms with E-state index in [1.807, 2.05) is 91.5 Å². The van der Waals surface area contributed by atoms with Crippen LogP contribution < -0.4 is 10.6 Å². The summed E-state index contributed by atoms with van der Waals surface area (Å²) in [6.45, 7) is 25.0. The van der Waals surface area contributed by atoms with Crippen molar-refractivity contribution >= 4 is 17.6 Å². The molecule has 5 aliphatic rings. The number of benzene rings is 1. The number of phenols is 1. The Hall–Kier alpha value is -3.11. The van der Waals surface area contributed by atoms with Crippen molar-refractivity contribution in [1.82, 2.24) is 24.9 Å². The summed E-state index contributed by atoms with van der Waals surface area (Å²) in [6, 6.07) is 11.0. The van der Waals surface area contributed by atoms with E-state index >= 15 is 0 Å². The molecular formula is C41H69N7O3. The van der Waals surface area contributed by atoms with Crippen molar-refractivity contribution in [3.05, 3.63) is 30.3 Å². The Morgan fingerprint density at radius 1 is 0.902 bits per heavy atom. The number of aromatic hydroxyl groups is 1. The lowest BCUT2D eigenvalue weighted by molar-refractivity contribution is -0.0597. The van der Waals surface area contributed by atoms with Crippen LogP contribution in [0.15, 0.2) is 30.3 Å². The van der Waals surface area contributed by atoms with Crippen molar-refractivity contribution in [2.24, 2.45) is 11.3 Å². The van der Waals surface area contributed by atoms with Gasteiger partial charge in [0.05, 0.1) is 11.4 Å². The molecule has 1 amide bonds. The predicted molar refractivity (Wildman–Crippen MR) is 210 cm³/mol. The fourth-order valence-electron chi connectivity index (χ4n) is 8.92. The lowest BCUT2D eigenvalue weighted by Crippen LogP contribution is -2.59. The van der Waals surface area contributed by atoms with Crippen LogP contribution in [0.4, 0.5) is 16.3 Å². The van der Waals surface area contributed by atoms with Gasteiger partial charge in [0.25, 0.3) is 0 Å². The maximum absolute atomic E-state index is 12.5. The average Bonchev–Trinajstić information content (AvgIpc) is 3.34. The van der Waals surface area contributed by atoms with Gasteiger partial charge in [-0.2, -0.15) is 0 Å². The maximum atomic E-state index is 12.5. The fourth-order valence-corrected chi connectivity index (χ4v) is 8.92. The quantitative estimate of drug-likeness (QED) is 0.319. The van der Waals surface area contributed by atoms with E-state index in [4.69, 9.17) is 10.5 Å². The number of phenolic OH excluding ortho intramolecular Hbond substituents is 1. The van der Waals surface area contributed by atoms with E-state index in [1.54, 1.807) is 6.07 Å². The summed E-state index contributed by atoms with van der Waals surface area (Å²) in [4.78, 5) is 22.5. The largest absolute Gasteiger partial charge is 0.507 e. The standard InChI is InChI=1S/C35H51N7O3.3C2H6/c1-34(2,3)45-33(44)39-15-12-35(13-16-39)18-27(19-35)40-14-6-7-24(20-40)21-42-25-10-11-26(42)23-41(22-25)30-17-29(37-38-32(30)36)28-8-4-5-9-31(28)43;3*1-2/h4-5,8-9,17,24-27,43H,6-7,10-16,18-23H2,1-3H3,(H2,36,38);3*1-2H3. The molecule has 5 heterocycles. The zero-order valence-corrected chi connectivity index (χ0v) is 33.3. The van der Waals surface area contributed by atoms with Gasteiger partial charge in [-0.3, -0.25) is 4.90 Å². The summed E-state index contributed by atoms with van der Waals surface area (Å²) in [5.74, 6) is 1.38. The first kappa shape index (κ1) is 40.7. The number of piperidine rings is 2. The second-order valence-corrected chi connectivity index (χ2v) is 15.5. The SMILES string of the molecule is CC.CC.CC.CC(C)(C)OC(=O)N1CCC2(CC1)CC(N1CCCC(CN3C4CCC3CN(c3cc(-c5ccccc5O)nnc3N)C4)C1)C2. The molecule has 3 N–H and O–H groups in total. The van der Waals surface area contributed by atoms with Crippen molar-refractivity contribution in [2.75, 3.05) is 56.4 Å². The van der Waals surface area contributed by atoms with Crippen LogP contribution in [-0.2, 0) is 4.74 Å². The normalized spacial score (nSPS) is 24.6. The minimum absolute atomic E-state index is 0.153. The molecule has 10 nitrogen and oxygen atoms in total. The van der Waals surface area contributed by atoms with Crippen molar-refractivity contribution in [3.8, 4) is 17.0 Å². The third-order valence-corrected chi connectivity index (χ3v) is 11.3. The van der Waals surface area contributed by atoms with E-state index in [-0.39, 0.29) is 11.8 Å². The van der Waals surface area contributed by atoms with E-state index in [0.717, 1.165) is 50.6 Å². The number of carbonyl (C=O) groups is 1.